The maximum Gasteiger partial charge on any atom is 4.00 e. The van der Waals surface area contributed by atoms with Crippen LogP contribution in [-0.2, 0) is 0 Å². The van der Waals surface area contributed by atoms with Crippen molar-refractivity contribution in [2.24, 2.45) is 0 Å². The summed E-state index contributed by atoms with van der Waals surface area (Å²) in [5.74, 6) is -0.458. The largest absolute Gasteiger partial charge is 4.00 e. The molecule has 2 nitrogen and oxygen atoms in total. The van der Waals surface area contributed by atoms with Crippen LogP contribution in [-0.4, -0.2) is 23.9 Å². The van der Waals surface area contributed by atoms with Gasteiger partial charge in [0.15, 0.2) is 5.43 Å². The molecule has 0 atom stereocenters. The summed E-state index contributed by atoms with van der Waals surface area (Å²) in [6.07, 6.45) is 0. The van der Waals surface area contributed by atoms with Crippen molar-refractivity contribution >= 4 is 23.9 Å². The molecule has 0 spiro atoms. The van der Waals surface area contributed by atoms with E-state index in [0.717, 1.165) is 0 Å². The summed E-state index contributed by atoms with van der Waals surface area (Å²) in [6.45, 7) is 0. The standard InChI is InChI=1S/C7H6O2.3CH3.Sn/c8-6-4-2-1-3-5-7(6)9;;;;/h1-5H,(H,8,9);3*1H3;/q;3*-1;+4/p-1. The first-order chi connectivity index (χ1) is 4.30. The third kappa shape index (κ3) is 7.84. The molecule has 0 heterocycles. The normalized spacial score (nSPS) is 6.15. The van der Waals surface area contributed by atoms with Crippen molar-refractivity contribution in [2.75, 3.05) is 0 Å². The van der Waals surface area contributed by atoms with Crippen LogP contribution in [0.2, 0.25) is 0 Å². The Labute approximate surface area is 97.6 Å². The second kappa shape index (κ2) is 11.5. The molecule has 70 valence electrons. The average molecular weight is 285 g/mol. The van der Waals surface area contributed by atoms with Gasteiger partial charge in [-0.3, -0.25) is 4.79 Å². The fraction of sp³-hybridized carbons (Fsp3) is 0. The van der Waals surface area contributed by atoms with Crippen LogP contribution in [0.1, 0.15) is 0 Å². The zero-order chi connectivity index (χ0) is 6.69. The van der Waals surface area contributed by atoms with Crippen LogP contribution in [0.3, 0.4) is 0 Å². The Balaban J connectivity index is -0.000000101. The van der Waals surface area contributed by atoms with Crippen molar-refractivity contribution in [3.63, 3.8) is 0 Å². The topological polar surface area (TPSA) is 40.1 Å². The van der Waals surface area contributed by atoms with Gasteiger partial charge in [0.1, 0.15) is 0 Å². The Kier molecular flexibility index (Phi) is 20.2. The summed E-state index contributed by atoms with van der Waals surface area (Å²) in [5.41, 5.74) is -0.458. The molecule has 3 heteroatoms. The first-order valence-corrected chi connectivity index (χ1v) is 2.57. The Morgan fingerprint density at radius 1 is 0.923 bits per heavy atom. The van der Waals surface area contributed by atoms with Gasteiger partial charge in [0.25, 0.3) is 0 Å². The van der Waals surface area contributed by atoms with Crippen molar-refractivity contribution in [2.45, 2.75) is 0 Å². The van der Waals surface area contributed by atoms with Gasteiger partial charge in [-0.2, -0.15) is 0 Å². The van der Waals surface area contributed by atoms with Crippen molar-refractivity contribution in [3.8, 4) is 5.75 Å². The van der Waals surface area contributed by atoms with Gasteiger partial charge < -0.3 is 27.4 Å². The SMILES string of the molecule is O=c1cccccc1[O-].[CH3-].[CH3-].[CH3-].[Sn+4]. The van der Waals surface area contributed by atoms with E-state index in [1.54, 1.807) is 18.2 Å². The molecular formula is C10H14O2Sn. The van der Waals surface area contributed by atoms with Crippen LogP contribution in [0.25, 0.3) is 0 Å². The summed E-state index contributed by atoms with van der Waals surface area (Å²) in [7, 11) is 0. The van der Waals surface area contributed by atoms with E-state index in [-0.39, 0.29) is 46.2 Å². The Bertz CT molecular complexity index is 261. The molecule has 0 radical (unpaired) electrons. The molecular weight excluding hydrogens is 271 g/mol. The predicted molar refractivity (Wildman–Crippen MR) is 57.2 cm³/mol. The van der Waals surface area contributed by atoms with Crippen LogP contribution in [0.4, 0.5) is 0 Å². The van der Waals surface area contributed by atoms with Gasteiger partial charge >= 0.3 is 23.9 Å². The fourth-order valence-electron chi connectivity index (χ4n) is 0.514. The van der Waals surface area contributed by atoms with Gasteiger partial charge in [0.05, 0.1) is 0 Å². The molecule has 0 unspecified atom stereocenters. The van der Waals surface area contributed by atoms with E-state index in [2.05, 4.69) is 0 Å². The van der Waals surface area contributed by atoms with Gasteiger partial charge in [-0.1, -0.05) is 30.0 Å². The average Bonchev–Trinajstić information content (AvgIpc) is 1.99. The number of hydrogen-bond donors (Lipinski definition) is 0. The Morgan fingerprint density at radius 2 is 1.38 bits per heavy atom. The monoisotopic (exact) mass is 286 g/mol. The molecule has 0 aliphatic rings. The molecule has 0 aliphatic carbocycles. The first kappa shape index (κ1) is 22.9. The smallest absolute Gasteiger partial charge is 0.870 e. The molecule has 0 saturated carbocycles. The van der Waals surface area contributed by atoms with Crippen LogP contribution >= 0.6 is 0 Å². The Hall–Kier alpha value is -0.511. The third-order valence-electron chi connectivity index (χ3n) is 0.960. The molecule has 0 bridgehead atoms. The molecule has 0 saturated heterocycles. The van der Waals surface area contributed by atoms with Gasteiger partial charge in [0, 0.05) is 0 Å². The fourth-order valence-corrected chi connectivity index (χ4v) is 0.514. The summed E-state index contributed by atoms with van der Waals surface area (Å²) in [5, 5.41) is 10.5. The van der Waals surface area contributed by atoms with E-state index in [9.17, 15) is 9.90 Å². The van der Waals surface area contributed by atoms with Crippen molar-refractivity contribution in [1.82, 2.24) is 0 Å². The van der Waals surface area contributed by atoms with E-state index in [4.69, 9.17) is 0 Å². The van der Waals surface area contributed by atoms with Gasteiger partial charge in [0.2, 0.25) is 0 Å². The maximum atomic E-state index is 10.5. The molecule has 0 aliphatic heterocycles. The summed E-state index contributed by atoms with van der Waals surface area (Å²) in [6, 6.07) is 7.24. The molecule has 0 amide bonds. The predicted octanol–water partition coefficient (Wildman–Crippen LogP) is 1.09. The number of hydrogen-bond acceptors (Lipinski definition) is 2. The second-order valence-electron chi connectivity index (χ2n) is 1.64. The van der Waals surface area contributed by atoms with E-state index >= 15 is 0 Å². The van der Waals surface area contributed by atoms with Crippen molar-refractivity contribution in [3.05, 3.63) is 62.8 Å². The Morgan fingerprint density at radius 3 is 1.92 bits per heavy atom. The van der Waals surface area contributed by atoms with Gasteiger partial charge in [-0.15, -0.1) is 0 Å². The molecule has 1 aromatic rings. The molecule has 1 rings (SSSR count). The van der Waals surface area contributed by atoms with E-state index in [1.165, 1.54) is 12.1 Å². The van der Waals surface area contributed by atoms with E-state index in [0.29, 0.717) is 0 Å². The van der Waals surface area contributed by atoms with Gasteiger partial charge in [-0.05, 0) is 6.07 Å². The zero-order valence-corrected chi connectivity index (χ0v) is 11.1. The van der Waals surface area contributed by atoms with Crippen LogP contribution in [0, 0.1) is 22.3 Å². The second-order valence-corrected chi connectivity index (χ2v) is 1.64. The van der Waals surface area contributed by atoms with Crippen molar-refractivity contribution < 1.29 is 5.11 Å². The molecule has 0 aromatic heterocycles. The van der Waals surface area contributed by atoms with Crippen LogP contribution < -0.4 is 10.5 Å². The minimum Gasteiger partial charge on any atom is -0.870 e. The minimum atomic E-state index is -0.458. The molecule has 13 heavy (non-hydrogen) atoms. The summed E-state index contributed by atoms with van der Waals surface area (Å²) in [4.78, 5) is 10.5. The minimum absolute atomic E-state index is 0. The summed E-state index contributed by atoms with van der Waals surface area (Å²) >= 11 is 0. The van der Waals surface area contributed by atoms with E-state index < -0.39 is 11.2 Å². The van der Waals surface area contributed by atoms with Gasteiger partial charge in [-0.25, -0.2) is 0 Å². The van der Waals surface area contributed by atoms with E-state index in [1.807, 2.05) is 0 Å². The zero-order valence-electron chi connectivity index (χ0n) is 8.20. The van der Waals surface area contributed by atoms with Crippen molar-refractivity contribution in [1.29, 1.82) is 0 Å². The third-order valence-corrected chi connectivity index (χ3v) is 0.960. The van der Waals surface area contributed by atoms with Crippen LogP contribution in [0.15, 0.2) is 35.1 Å². The summed E-state index contributed by atoms with van der Waals surface area (Å²) < 4.78 is 0. The molecule has 1 aromatic carbocycles. The molecule has 0 N–H and O–H groups in total. The number of rotatable bonds is 0. The maximum absolute atomic E-state index is 10.5. The van der Waals surface area contributed by atoms with Crippen LogP contribution in [0.5, 0.6) is 5.75 Å². The first-order valence-electron chi connectivity index (χ1n) is 2.57. The quantitative estimate of drug-likeness (QED) is 0.529. The molecule has 0 fully saturated rings.